The smallest absolute Gasteiger partial charge is 0.251 e. The van der Waals surface area contributed by atoms with Crippen LogP contribution in [0.2, 0.25) is 0 Å². The van der Waals surface area contributed by atoms with Crippen LogP contribution in [0.5, 0.6) is 5.75 Å². The number of hydrogen-bond donors (Lipinski definition) is 2. The maximum Gasteiger partial charge on any atom is 0.251 e. The first-order chi connectivity index (χ1) is 16.9. The molecule has 0 radical (unpaired) electrons. The Labute approximate surface area is 206 Å². The lowest BCUT2D eigenvalue weighted by Crippen LogP contribution is -2.43. The lowest BCUT2D eigenvalue weighted by molar-refractivity contribution is 0.0964. The van der Waals surface area contributed by atoms with E-state index in [0.717, 1.165) is 50.1 Å². The van der Waals surface area contributed by atoms with Crippen molar-refractivity contribution in [2.45, 2.75) is 45.8 Å². The molecular weight excluding hydrogens is 442 g/mol. The van der Waals surface area contributed by atoms with Crippen LogP contribution in [0, 0.1) is 13.8 Å². The van der Waals surface area contributed by atoms with Gasteiger partial charge < -0.3 is 24.8 Å². The number of aryl methyl sites for hydroxylation is 2. The van der Waals surface area contributed by atoms with Crippen molar-refractivity contribution in [2.75, 3.05) is 33.8 Å². The van der Waals surface area contributed by atoms with Crippen molar-refractivity contribution >= 4 is 16.8 Å². The number of carbonyl (C=O) groups is 1. The minimum absolute atomic E-state index is 0.179. The standard InChI is InChI=1S/C27H35N5O3/c1-18-13-21(29-16-19(18)2)17-30-20-7-9-31(10-8-20)11-12-32-25-14-22(35-4)5-6-23(25)24(15-26(32)33)27(34)28-3/h5-6,13-16,20,30H,7-12,17H2,1-4H3,(H,28,34). The Morgan fingerprint density at radius 3 is 2.57 bits per heavy atom. The number of hydrogen-bond acceptors (Lipinski definition) is 6. The maximum atomic E-state index is 13.0. The number of methoxy groups -OCH3 is 1. The second-order valence-corrected chi connectivity index (χ2v) is 9.27. The Morgan fingerprint density at radius 2 is 1.89 bits per heavy atom. The lowest BCUT2D eigenvalue weighted by atomic mass is 10.0. The first-order valence-electron chi connectivity index (χ1n) is 12.2. The highest BCUT2D eigenvalue weighted by molar-refractivity contribution is 6.06. The predicted octanol–water partition coefficient (Wildman–Crippen LogP) is 2.64. The van der Waals surface area contributed by atoms with Crippen molar-refractivity contribution in [1.82, 2.24) is 25.1 Å². The van der Waals surface area contributed by atoms with Crippen LogP contribution in [0.1, 0.15) is 40.0 Å². The van der Waals surface area contributed by atoms with Crippen LogP contribution >= 0.6 is 0 Å². The van der Waals surface area contributed by atoms with Gasteiger partial charge in [-0.1, -0.05) is 0 Å². The van der Waals surface area contributed by atoms with E-state index in [9.17, 15) is 9.59 Å². The van der Waals surface area contributed by atoms with Gasteiger partial charge in [0.15, 0.2) is 0 Å². The van der Waals surface area contributed by atoms with Gasteiger partial charge in [-0.15, -0.1) is 0 Å². The Balaban J connectivity index is 1.39. The van der Waals surface area contributed by atoms with Crippen LogP contribution in [-0.4, -0.2) is 60.2 Å². The second kappa shape index (κ2) is 11.0. The number of fused-ring (bicyclic) bond motifs is 1. The summed E-state index contributed by atoms with van der Waals surface area (Å²) < 4.78 is 7.13. The maximum absolute atomic E-state index is 13.0. The molecule has 0 bridgehead atoms. The molecule has 2 N–H and O–H groups in total. The third-order valence-corrected chi connectivity index (χ3v) is 7.02. The number of carbonyl (C=O) groups excluding carboxylic acids is 1. The highest BCUT2D eigenvalue weighted by Crippen LogP contribution is 2.23. The molecule has 0 atom stereocenters. The number of rotatable bonds is 8. The van der Waals surface area contributed by atoms with Gasteiger partial charge in [-0.2, -0.15) is 0 Å². The molecule has 8 nitrogen and oxygen atoms in total. The number of nitrogens with one attached hydrogen (secondary N) is 2. The second-order valence-electron chi connectivity index (χ2n) is 9.27. The van der Waals surface area contributed by atoms with Gasteiger partial charge in [-0.25, -0.2) is 0 Å². The van der Waals surface area contributed by atoms with Gasteiger partial charge in [0, 0.05) is 56.4 Å². The van der Waals surface area contributed by atoms with Gasteiger partial charge in [0.05, 0.1) is 23.9 Å². The van der Waals surface area contributed by atoms with E-state index in [1.807, 2.05) is 24.4 Å². The lowest BCUT2D eigenvalue weighted by Gasteiger charge is -2.32. The SMILES string of the molecule is CNC(=O)c1cc(=O)n(CCN2CCC(NCc3cc(C)c(C)cn3)CC2)c2cc(OC)ccc12. The van der Waals surface area contributed by atoms with Crippen LogP contribution in [0.25, 0.3) is 10.9 Å². The van der Waals surface area contributed by atoms with Crippen molar-refractivity contribution < 1.29 is 9.53 Å². The molecular formula is C27H35N5O3. The van der Waals surface area contributed by atoms with Crippen LogP contribution in [-0.2, 0) is 13.1 Å². The zero-order valence-corrected chi connectivity index (χ0v) is 21.1. The monoisotopic (exact) mass is 477 g/mol. The molecule has 0 spiro atoms. The zero-order valence-electron chi connectivity index (χ0n) is 21.1. The number of likely N-dealkylation sites (tertiary alicyclic amines) is 1. The van der Waals surface area contributed by atoms with E-state index in [0.29, 0.717) is 29.4 Å². The summed E-state index contributed by atoms with van der Waals surface area (Å²) in [4.78, 5) is 32.2. The fourth-order valence-electron chi connectivity index (χ4n) is 4.67. The minimum atomic E-state index is -0.269. The Morgan fingerprint density at radius 1 is 1.11 bits per heavy atom. The molecule has 1 fully saturated rings. The molecule has 3 aromatic rings. The molecule has 0 aliphatic carbocycles. The summed E-state index contributed by atoms with van der Waals surface area (Å²) in [6.45, 7) is 8.27. The topological polar surface area (TPSA) is 88.5 Å². The van der Waals surface area contributed by atoms with E-state index in [2.05, 4.69) is 40.4 Å². The molecule has 1 aliphatic rings. The van der Waals surface area contributed by atoms with Crippen molar-refractivity contribution in [2.24, 2.45) is 0 Å². The summed E-state index contributed by atoms with van der Waals surface area (Å²) in [6.07, 6.45) is 4.06. The molecule has 4 rings (SSSR count). The molecule has 186 valence electrons. The molecule has 0 saturated carbocycles. The number of nitrogens with zero attached hydrogens (tertiary/aromatic N) is 3. The van der Waals surface area contributed by atoms with Crippen LogP contribution in [0.3, 0.4) is 0 Å². The van der Waals surface area contributed by atoms with Crippen LogP contribution in [0.4, 0.5) is 0 Å². The fraction of sp³-hybridized carbons (Fsp3) is 0.444. The third kappa shape index (κ3) is 5.71. The first kappa shape index (κ1) is 24.9. The van der Waals surface area contributed by atoms with Crippen LogP contribution < -0.4 is 20.9 Å². The Kier molecular flexibility index (Phi) is 7.83. The Hall–Kier alpha value is -3.23. The van der Waals surface area contributed by atoms with E-state index < -0.39 is 0 Å². The van der Waals surface area contributed by atoms with E-state index in [1.54, 1.807) is 18.7 Å². The largest absolute Gasteiger partial charge is 0.497 e. The molecule has 1 aromatic carbocycles. The predicted molar refractivity (Wildman–Crippen MR) is 138 cm³/mol. The number of amides is 1. The number of aromatic nitrogens is 2. The summed E-state index contributed by atoms with van der Waals surface area (Å²) in [6, 6.07) is 9.55. The summed E-state index contributed by atoms with van der Waals surface area (Å²) in [5.74, 6) is 0.389. The summed E-state index contributed by atoms with van der Waals surface area (Å²) in [7, 11) is 3.17. The van der Waals surface area contributed by atoms with Gasteiger partial charge in [0.2, 0.25) is 0 Å². The first-order valence-corrected chi connectivity index (χ1v) is 12.2. The fourth-order valence-corrected chi connectivity index (χ4v) is 4.67. The number of pyridine rings is 2. The number of benzene rings is 1. The summed E-state index contributed by atoms with van der Waals surface area (Å²) in [5.41, 5.74) is 4.50. The van der Waals surface area contributed by atoms with E-state index in [-0.39, 0.29) is 11.5 Å². The quantitative estimate of drug-likeness (QED) is 0.519. The average Bonchev–Trinajstić information content (AvgIpc) is 2.88. The molecule has 8 heteroatoms. The normalized spacial score (nSPS) is 14.9. The van der Waals surface area contributed by atoms with Crippen molar-refractivity contribution in [3.05, 3.63) is 69.3 Å². The zero-order chi connectivity index (χ0) is 24.9. The van der Waals surface area contributed by atoms with Crippen molar-refractivity contribution in [3.8, 4) is 5.75 Å². The molecule has 1 amide bonds. The molecule has 1 saturated heterocycles. The van der Waals surface area contributed by atoms with Gasteiger partial charge >= 0.3 is 0 Å². The number of piperidine rings is 1. The van der Waals surface area contributed by atoms with Gasteiger partial charge in [0.25, 0.3) is 11.5 Å². The highest BCUT2D eigenvalue weighted by atomic mass is 16.5. The molecule has 3 heterocycles. The van der Waals surface area contributed by atoms with Gasteiger partial charge in [-0.3, -0.25) is 14.6 Å². The summed E-state index contributed by atoms with van der Waals surface area (Å²) >= 11 is 0. The highest BCUT2D eigenvalue weighted by Gasteiger charge is 2.20. The van der Waals surface area contributed by atoms with E-state index in [4.69, 9.17) is 4.74 Å². The van der Waals surface area contributed by atoms with E-state index >= 15 is 0 Å². The minimum Gasteiger partial charge on any atom is -0.497 e. The van der Waals surface area contributed by atoms with Crippen molar-refractivity contribution in [1.29, 1.82) is 0 Å². The average molecular weight is 478 g/mol. The molecule has 35 heavy (non-hydrogen) atoms. The number of ether oxygens (including phenoxy) is 1. The molecule has 1 aliphatic heterocycles. The molecule has 2 aromatic heterocycles. The van der Waals surface area contributed by atoms with Crippen LogP contribution in [0.15, 0.2) is 41.3 Å². The molecule has 0 unspecified atom stereocenters. The van der Waals surface area contributed by atoms with Crippen molar-refractivity contribution in [3.63, 3.8) is 0 Å². The van der Waals surface area contributed by atoms with E-state index in [1.165, 1.54) is 17.2 Å². The Bertz CT molecular complexity index is 1260. The van der Waals surface area contributed by atoms with Gasteiger partial charge in [0.1, 0.15) is 5.75 Å². The van der Waals surface area contributed by atoms with Gasteiger partial charge in [-0.05, 0) is 69.1 Å². The summed E-state index contributed by atoms with van der Waals surface area (Å²) in [5, 5.41) is 7.02. The third-order valence-electron chi connectivity index (χ3n) is 7.02.